The molecule has 1 amide bonds. The molecule has 1 atom stereocenters. The third-order valence-corrected chi connectivity index (χ3v) is 5.14. The third kappa shape index (κ3) is 8.31. The van der Waals surface area contributed by atoms with Crippen LogP contribution >= 0.6 is 24.0 Å². The lowest BCUT2D eigenvalue weighted by atomic mass is 10.1. The number of hydrogen-bond acceptors (Lipinski definition) is 4. The molecular weight excluding hydrogens is 409 g/mol. The number of likely N-dealkylation sites (N-methyl/N-ethyl adjacent to an activating group) is 1. The van der Waals surface area contributed by atoms with Crippen LogP contribution in [0.4, 0.5) is 5.69 Å². The van der Waals surface area contributed by atoms with Gasteiger partial charge in [-0.1, -0.05) is 36.7 Å². The van der Waals surface area contributed by atoms with Gasteiger partial charge in [-0.15, -0.1) is 12.4 Å². The number of aromatic nitrogens is 1. The SMILES string of the molecule is CCN(CCCCN(C(=O)C(C)O)c1ccccc1)CCc1ccncc1Cl.Cl. The number of hydrogen-bond donors (Lipinski definition) is 1. The molecule has 0 saturated heterocycles. The Hall–Kier alpha value is -1.66. The van der Waals surface area contributed by atoms with Crippen molar-refractivity contribution in [1.82, 2.24) is 9.88 Å². The molecule has 1 unspecified atom stereocenters. The fourth-order valence-corrected chi connectivity index (χ4v) is 3.33. The maximum absolute atomic E-state index is 12.4. The number of para-hydroxylation sites is 1. The van der Waals surface area contributed by atoms with E-state index in [4.69, 9.17) is 11.6 Å². The van der Waals surface area contributed by atoms with Crippen molar-refractivity contribution in [2.75, 3.05) is 31.1 Å². The van der Waals surface area contributed by atoms with Crippen LogP contribution in [0.5, 0.6) is 0 Å². The lowest BCUT2D eigenvalue weighted by Crippen LogP contribution is -2.39. The molecule has 0 aliphatic rings. The van der Waals surface area contributed by atoms with Crippen molar-refractivity contribution in [3.8, 4) is 0 Å². The van der Waals surface area contributed by atoms with E-state index in [1.807, 2.05) is 36.4 Å². The van der Waals surface area contributed by atoms with Crippen molar-refractivity contribution in [3.63, 3.8) is 0 Å². The predicted octanol–water partition coefficient (Wildman–Crippen LogP) is 4.22. The summed E-state index contributed by atoms with van der Waals surface area (Å²) in [6.07, 6.45) is 5.21. The molecule has 0 radical (unpaired) electrons. The largest absolute Gasteiger partial charge is 0.384 e. The highest BCUT2D eigenvalue weighted by atomic mass is 35.5. The van der Waals surface area contributed by atoms with Crippen LogP contribution in [0.25, 0.3) is 0 Å². The van der Waals surface area contributed by atoms with Gasteiger partial charge < -0.3 is 14.9 Å². The Kier molecular flexibility index (Phi) is 11.9. The van der Waals surface area contributed by atoms with Gasteiger partial charge in [0.15, 0.2) is 0 Å². The highest BCUT2D eigenvalue weighted by Crippen LogP contribution is 2.16. The Morgan fingerprint density at radius 2 is 1.83 bits per heavy atom. The zero-order valence-corrected chi connectivity index (χ0v) is 18.7. The molecule has 7 heteroatoms. The van der Waals surface area contributed by atoms with Gasteiger partial charge in [-0.25, -0.2) is 0 Å². The minimum Gasteiger partial charge on any atom is -0.384 e. The third-order valence-electron chi connectivity index (χ3n) is 4.80. The molecule has 0 spiro atoms. The first kappa shape index (κ1) is 25.4. The van der Waals surface area contributed by atoms with Gasteiger partial charge in [0.05, 0.1) is 5.02 Å². The van der Waals surface area contributed by atoms with Gasteiger partial charge in [-0.2, -0.15) is 0 Å². The van der Waals surface area contributed by atoms with Crippen LogP contribution in [-0.4, -0.2) is 53.2 Å². The topological polar surface area (TPSA) is 56.7 Å². The summed E-state index contributed by atoms with van der Waals surface area (Å²) < 4.78 is 0. The smallest absolute Gasteiger partial charge is 0.255 e. The van der Waals surface area contributed by atoms with Crippen molar-refractivity contribution in [2.45, 2.75) is 39.2 Å². The molecule has 5 nitrogen and oxygen atoms in total. The van der Waals surface area contributed by atoms with Crippen molar-refractivity contribution in [3.05, 3.63) is 59.4 Å². The Bertz CT molecular complexity index is 729. The van der Waals surface area contributed by atoms with E-state index in [0.29, 0.717) is 11.6 Å². The number of rotatable bonds is 11. The van der Waals surface area contributed by atoms with Crippen molar-refractivity contribution < 1.29 is 9.90 Å². The van der Waals surface area contributed by atoms with Gasteiger partial charge in [0, 0.05) is 31.2 Å². The number of anilines is 1. The first-order valence-corrected chi connectivity index (χ1v) is 10.3. The molecule has 0 saturated carbocycles. The van der Waals surface area contributed by atoms with Crippen LogP contribution in [0, 0.1) is 0 Å². The van der Waals surface area contributed by atoms with Crippen molar-refractivity contribution in [2.24, 2.45) is 0 Å². The first-order valence-electron chi connectivity index (χ1n) is 9.88. The summed E-state index contributed by atoms with van der Waals surface area (Å²) in [5.74, 6) is -0.258. The number of carbonyl (C=O) groups excluding carboxylic acids is 1. The average molecular weight is 440 g/mol. The van der Waals surface area contributed by atoms with E-state index in [0.717, 1.165) is 50.1 Å². The Balaban J connectivity index is 0.00000420. The summed E-state index contributed by atoms with van der Waals surface area (Å²) in [4.78, 5) is 20.5. The van der Waals surface area contributed by atoms with Gasteiger partial charge in [0.25, 0.3) is 5.91 Å². The lowest BCUT2D eigenvalue weighted by molar-refractivity contribution is -0.125. The zero-order valence-electron chi connectivity index (χ0n) is 17.1. The zero-order chi connectivity index (χ0) is 20.4. The Morgan fingerprint density at radius 3 is 2.45 bits per heavy atom. The maximum atomic E-state index is 12.4. The van der Waals surface area contributed by atoms with Gasteiger partial charge in [-0.3, -0.25) is 9.78 Å². The van der Waals surface area contributed by atoms with E-state index in [-0.39, 0.29) is 18.3 Å². The van der Waals surface area contributed by atoms with Crippen molar-refractivity contribution >= 4 is 35.6 Å². The molecule has 0 bridgehead atoms. The number of aliphatic hydroxyl groups excluding tert-OH is 1. The summed E-state index contributed by atoms with van der Waals surface area (Å²) in [6, 6.07) is 11.5. The van der Waals surface area contributed by atoms with Crippen LogP contribution in [0.15, 0.2) is 48.8 Å². The number of amides is 1. The highest BCUT2D eigenvalue weighted by molar-refractivity contribution is 6.31. The Labute approximate surface area is 185 Å². The number of pyridine rings is 1. The molecule has 160 valence electrons. The van der Waals surface area contributed by atoms with Gasteiger partial charge in [-0.05, 0) is 63.0 Å². The number of halogens is 2. The minimum absolute atomic E-state index is 0. The predicted molar refractivity (Wildman–Crippen MR) is 122 cm³/mol. The van der Waals surface area contributed by atoms with E-state index in [9.17, 15) is 9.90 Å². The summed E-state index contributed by atoms with van der Waals surface area (Å²) >= 11 is 6.19. The van der Waals surface area contributed by atoms with Crippen LogP contribution in [0.1, 0.15) is 32.3 Å². The monoisotopic (exact) mass is 439 g/mol. The standard InChI is InChI=1S/C22H30ClN3O2.ClH/c1-3-25(16-12-19-11-13-24-17-21(19)23)14-7-8-15-26(22(28)18(2)27)20-9-5-4-6-10-20;/h4-6,9-11,13,17-18,27H,3,7-8,12,14-16H2,1-2H3;1H. The maximum Gasteiger partial charge on any atom is 0.255 e. The number of benzene rings is 1. The molecule has 0 aliphatic heterocycles. The molecule has 1 N–H and O–H groups in total. The van der Waals surface area contributed by atoms with E-state index >= 15 is 0 Å². The summed E-state index contributed by atoms with van der Waals surface area (Å²) in [5.41, 5.74) is 1.95. The number of carbonyl (C=O) groups is 1. The number of nitrogens with zero attached hydrogens (tertiary/aromatic N) is 3. The van der Waals surface area contributed by atoms with E-state index < -0.39 is 6.10 Å². The van der Waals surface area contributed by atoms with Gasteiger partial charge >= 0.3 is 0 Å². The first-order chi connectivity index (χ1) is 13.5. The van der Waals surface area contributed by atoms with Gasteiger partial charge in [0.1, 0.15) is 6.10 Å². The molecule has 1 aromatic carbocycles. The Morgan fingerprint density at radius 1 is 1.14 bits per heavy atom. The summed E-state index contributed by atoms with van der Waals surface area (Å²) in [6.45, 7) is 7.14. The van der Waals surface area contributed by atoms with Crippen LogP contribution in [0.3, 0.4) is 0 Å². The highest BCUT2D eigenvalue weighted by Gasteiger charge is 2.19. The minimum atomic E-state index is -1.00. The van der Waals surface area contributed by atoms with E-state index in [1.54, 1.807) is 17.3 Å². The molecule has 1 heterocycles. The molecule has 29 heavy (non-hydrogen) atoms. The fourth-order valence-electron chi connectivity index (χ4n) is 3.12. The van der Waals surface area contributed by atoms with Crippen LogP contribution in [-0.2, 0) is 11.2 Å². The lowest BCUT2D eigenvalue weighted by Gasteiger charge is -2.25. The molecular formula is C22H31Cl2N3O2. The van der Waals surface area contributed by atoms with Crippen LogP contribution in [0.2, 0.25) is 5.02 Å². The normalized spacial score (nSPS) is 11.8. The van der Waals surface area contributed by atoms with E-state index in [1.165, 1.54) is 6.92 Å². The summed E-state index contributed by atoms with van der Waals surface area (Å²) in [5, 5.41) is 10.4. The number of unbranched alkanes of at least 4 members (excludes halogenated alkanes) is 1. The van der Waals surface area contributed by atoms with Gasteiger partial charge in [0.2, 0.25) is 0 Å². The second kappa shape index (κ2) is 13.5. The molecule has 1 aromatic heterocycles. The van der Waals surface area contributed by atoms with Crippen LogP contribution < -0.4 is 4.90 Å². The molecule has 0 aliphatic carbocycles. The second-order valence-electron chi connectivity index (χ2n) is 6.86. The fraction of sp³-hybridized carbons (Fsp3) is 0.455. The summed E-state index contributed by atoms with van der Waals surface area (Å²) in [7, 11) is 0. The molecule has 2 aromatic rings. The molecule has 2 rings (SSSR count). The second-order valence-corrected chi connectivity index (χ2v) is 7.27. The average Bonchev–Trinajstić information content (AvgIpc) is 2.71. The number of aliphatic hydroxyl groups is 1. The quantitative estimate of drug-likeness (QED) is 0.532. The van der Waals surface area contributed by atoms with E-state index in [2.05, 4.69) is 16.8 Å². The molecule has 0 fully saturated rings. The van der Waals surface area contributed by atoms with Crippen molar-refractivity contribution in [1.29, 1.82) is 0 Å².